The third-order valence-electron chi connectivity index (χ3n) is 3.63. The molecule has 3 aromatic carbocycles. The van der Waals surface area contributed by atoms with E-state index in [0.717, 1.165) is 10.8 Å². The Bertz CT molecular complexity index is 901. The van der Waals surface area contributed by atoms with Gasteiger partial charge in [-0.1, -0.05) is 12.1 Å². The number of phenols is 1. The first-order valence-electron chi connectivity index (χ1n) is 7.27. The summed E-state index contributed by atoms with van der Waals surface area (Å²) in [5.74, 6) is 1.04. The van der Waals surface area contributed by atoms with Gasteiger partial charge in [0, 0.05) is 0 Å². The van der Waals surface area contributed by atoms with Gasteiger partial charge in [0.2, 0.25) is 0 Å². The number of fused-ring (bicyclic) bond motifs is 1. The molecule has 122 valence electrons. The summed E-state index contributed by atoms with van der Waals surface area (Å²) in [7, 11) is 3.03. The maximum Gasteiger partial charge on any atom is 0.343 e. The zero-order chi connectivity index (χ0) is 17.1. The van der Waals surface area contributed by atoms with Crippen molar-refractivity contribution in [2.24, 2.45) is 0 Å². The zero-order valence-electron chi connectivity index (χ0n) is 13.3. The van der Waals surface area contributed by atoms with Crippen LogP contribution in [0.2, 0.25) is 0 Å². The highest BCUT2D eigenvalue weighted by atomic mass is 16.5. The first-order chi connectivity index (χ1) is 11.6. The average Bonchev–Trinajstić information content (AvgIpc) is 2.60. The molecular formula is C19H16O5. The second kappa shape index (κ2) is 6.50. The third-order valence-corrected chi connectivity index (χ3v) is 3.63. The molecule has 0 radical (unpaired) electrons. The van der Waals surface area contributed by atoms with E-state index in [1.165, 1.54) is 14.2 Å². The van der Waals surface area contributed by atoms with Gasteiger partial charge in [-0.3, -0.25) is 0 Å². The standard InChI is InChI=1S/C19H16O5/c1-22-17-8-5-13(11-18(17)23-2)19(21)24-16-7-4-12-3-6-15(20)9-14(12)10-16/h3-11,20H,1-2H3. The number of hydrogen-bond donors (Lipinski definition) is 1. The van der Waals surface area contributed by atoms with Gasteiger partial charge in [-0.25, -0.2) is 4.79 Å². The van der Waals surface area contributed by atoms with Crippen LogP contribution in [0, 0.1) is 0 Å². The Labute approximate surface area is 139 Å². The molecule has 0 fully saturated rings. The van der Waals surface area contributed by atoms with E-state index >= 15 is 0 Å². The molecule has 0 saturated carbocycles. The van der Waals surface area contributed by atoms with E-state index in [4.69, 9.17) is 14.2 Å². The number of benzene rings is 3. The number of carbonyl (C=O) groups excluding carboxylic acids is 1. The van der Waals surface area contributed by atoms with Crippen LogP contribution in [0.5, 0.6) is 23.0 Å². The van der Waals surface area contributed by atoms with Crippen molar-refractivity contribution in [3.63, 3.8) is 0 Å². The van der Waals surface area contributed by atoms with Crippen LogP contribution in [0.25, 0.3) is 10.8 Å². The lowest BCUT2D eigenvalue weighted by atomic mass is 10.1. The van der Waals surface area contributed by atoms with Crippen LogP contribution in [0.3, 0.4) is 0 Å². The summed E-state index contributed by atoms with van der Waals surface area (Å²) < 4.78 is 15.7. The molecule has 3 rings (SSSR count). The summed E-state index contributed by atoms with van der Waals surface area (Å²) in [5.41, 5.74) is 0.351. The number of ether oxygens (including phenoxy) is 3. The van der Waals surface area contributed by atoms with Crippen LogP contribution in [0.1, 0.15) is 10.4 Å². The Morgan fingerprint density at radius 3 is 2.33 bits per heavy atom. The molecule has 0 saturated heterocycles. The number of methoxy groups -OCH3 is 2. The lowest BCUT2D eigenvalue weighted by molar-refractivity contribution is 0.0734. The molecule has 0 aliphatic rings. The van der Waals surface area contributed by atoms with Crippen LogP contribution in [0.4, 0.5) is 0 Å². The van der Waals surface area contributed by atoms with Gasteiger partial charge in [-0.15, -0.1) is 0 Å². The fourth-order valence-electron chi connectivity index (χ4n) is 2.40. The predicted octanol–water partition coefficient (Wildman–Crippen LogP) is 3.78. The first kappa shape index (κ1) is 15.7. The summed E-state index contributed by atoms with van der Waals surface area (Å²) in [5, 5.41) is 11.3. The lowest BCUT2D eigenvalue weighted by Gasteiger charge is -2.10. The van der Waals surface area contributed by atoms with E-state index in [1.807, 2.05) is 6.07 Å². The summed E-state index contributed by atoms with van der Waals surface area (Å²) in [4.78, 5) is 12.3. The van der Waals surface area contributed by atoms with E-state index in [1.54, 1.807) is 48.5 Å². The van der Waals surface area contributed by atoms with Gasteiger partial charge >= 0.3 is 5.97 Å². The van der Waals surface area contributed by atoms with Gasteiger partial charge in [0.05, 0.1) is 19.8 Å². The Morgan fingerprint density at radius 2 is 1.58 bits per heavy atom. The number of hydrogen-bond acceptors (Lipinski definition) is 5. The number of rotatable bonds is 4. The molecule has 3 aromatic rings. The van der Waals surface area contributed by atoms with Gasteiger partial charge in [-0.2, -0.15) is 0 Å². The third kappa shape index (κ3) is 3.10. The van der Waals surface area contributed by atoms with Crippen molar-refractivity contribution in [2.75, 3.05) is 14.2 Å². The number of carbonyl (C=O) groups is 1. The molecule has 0 unspecified atom stereocenters. The molecule has 0 amide bonds. The molecule has 0 bridgehead atoms. The van der Waals surface area contributed by atoms with Crippen molar-refractivity contribution >= 4 is 16.7 Å². The lowest BCUT2D eigenvalue weighted by Crippen LogP contribution is -2.08. The van der Waals surface area contributed by atoms with Gasteiger partial charge in [-0.05, 0) is 53.2 Å². The molecule has 0 aliphatic heterocycles. The van der Waals surface area contributed by atoms with Gasteiger partial charge in [0.25, 0.3) is 0 Å². The Hall–Kier alpha value is -3.21. The van der Waals surface area contributed by atoms with Crippen molar-refractivity contribution in [2.45, 2.75) is 0 Å². The van der Waals surface area contributed by atoms with Crippen molar-refractivity contribution in [1.82, 2.24) is 0 Å². The maximum absolute atomic E-state index is 12.3. The molecule has 0 spiro atoms. The molecule has 0 atom stereocenters. The minimum absolute atomic E-state index is 0.158. The largest absolute Gasteiger partial charge is 0.508 e. The van der Waals surface area contributed by atoms with Crippen molar-refractivity contribution in [3.05, 3.63) is 60.2 Å². The van der Waals surface area contributed by atoms with Crippen molar-refractivity contribution < 1.29 is 24.1 Å². The smallest absolute Gasteiger partial charge is 0.343 e. The molecule has 0 aromatic heterocycles. The van der Waals surface area contributed by atoms with E-state index in [0.29, 0.717) is 22.8 Å². The summed E-state index contributed by atoms with van der Waals surface area (Å²) >= 11 is 0. The molecule has 24 heavy (non-hydrogen) atoms. The van der Waals surface area contributed by atoms with E-state index < -0.39 is 5.97 Å². The Kier molecular flexibility index (Phi) is 4.24. The van der Waals surface area contributed by atoms with Crippen LogP contribution in [0.15, 0.2) is 54.6 Å². The van der Waals surface area contributed by atoms with E-state index in [-0.39, 0.29) is 5.75 Å². The summed E-state index contributed by atoms with van der Waals surface area (Å²) in [6.45, 7) is 0. The van der Waals surface area contributed by atoms with Crippen molar-refractivity contribution in [1.29, 1.82) is 0 Å². The Balaban J connectivity index is 1.86. The molecular weight excluding hydrogens is 308 g/mol. The molecule has 0 aliphatic carbocycles. The highest BCUT2D eigenvalue weighted by molar-refractivity contribution is 5.93. The SMILES string of the molecule is COc1ccc(C(=O)Oc2ccc3ccc(O)cc3c2)cc1OC. The fourth-order valence-corrected chi connectivity index (χ4v) is 2.40. The quantitative estimate of drug-likeness (QED) is 0.584. The van der Waals surface area contributed by atoms with Crippen LogP contribution < -0.4 is 14.2 Å². The highest BCUT2D eigenvalue weighted by Gasteiger charge is 2.13. The van der Waals surface area contributed by atoms with Gasteiger partial charge < -0.3 is 19.3 Å². The number of phenolic OH excluding ortho intramolecular Hbond substituents is 1. The topological polar surface area (TPSA) is 65.0 Å². The summed E-state index contributed by atoms with van der Waals surface area (Å²) in [6.07, 6.45) is 0. The number of aromatic hydroxyl groups is 1. The molecule has 1 N–H and O–H groups in total. The second-order valence-electron chi connectivity index (χ2n) is 5.15. The van der Waals surface area contributed by atoms with Crippen LogP contribution in [-0.2, 0) is 0 Å². The zero-order valence-corrected chi connectivity index (χ0v) is 13.3. The first-order valence-corrected chi connectivity index (χ1v) is 7.27. The Morgan fingerprint density at radius 1 is 0.833 bits per heavy atom. The van der Waals surface area contributed by atoms with Crippen molar-refractivity contribution in [3.8, 4) is 23.0 Å². The van der Waals surface area contributed by atoms with E-state index in [9.17, 15) is 9.90 Å². The van der Waals surface area contributed by atoms with Gasteiger partial charge in [0.15, 0.2) is 11.5 Å². The summed E-state index contributed by atoms with van der Waals surface area (Å²) in [6, 6.07) is 15.1. The van der Waals surface area contributed by atoms with Gasteiger partial charge in [0.1, 0.15) is 11.5 Å². The minimum atomic E-state index is -0.504. The fraction of sp³-hybridized carbons (Fsp3) is 0.105. The monoisotopic (exact) mass is 324 g/mol. The molecule has 5 nitrogen and oxygen atoms in total. The predicted molar refractivity (Wildman–Crippen MR) is 90.1 cm³/mol. The maximum atomic E-state index is 12.3. The number of esters is 1. The minimum Gasteiger partial charge on any atom is -0.508 e. The van der Waals surface area contributed by atoms with E-state index in [2.05, 4.69) is 0 Å². The highest BCUT2D eigenvalue weighted by Crippen LogP contribution is 2.29. The second-order valence-corrected chi connectivity index (χ2v) is 5.15. The molecule has 5 heteroatoms. The normalized spacial score (nSPS) is 10.4. The molecule has 0 heterocycles. The average molecular weight is 324 g/mol. The van der Waals surface area contributed by atoms with Crippen LogP contribution >= 0.6 is 0 Å². The van der Waals surface area contributed by atoms with Crippen LogP contribution in [-0.4, -0.2) is 25.3 Å².